The summed E-state index contributed by atoms with van der Waals surface area (Å²) in [5, 5.41) is 0. The molecule has 0 aromatic heterocycles. The monoisotopic (exact) mass is 277 g/mol. The number of rotatable bonds is 4. The molecule has 0 saturated heterocycles. The molecule has 1 atom stereocenters. The molecule has 2 rings (SSSR count). The van der Waals surface area contributed by atoms with E-state index in [1.54, 1.807) is 23.9 Å². The van der Waals surface area contributed by atoms with Gasteiger partial charge in [-0.15, -0.1) is 11.8 Å². The zero-order valence-electron chi connectivity index (χ0n) is 10.9. The highest BCUT2D eigenvalue weighted by molar-refractivity contribution is 7.98. The first-order valence-electron chi connectivity index (χ1n) is 5.97. The maximum absolute atomic E-state index is 13.9. The van der Waals surface area contributed by atoms with Crippen LogP contribution in [0.3, 0.4) is 0 Å². The van der Waals surface area contributed by atoms with Gasteiger partial charge in [-0.1, -0.05) is 18.2 Å². The average Bonchev–Trinajstić information content (AvgIpc) is 2.41. The molecule has 4 heteroatoms. The maximum atomic E-state index is 13.9. The summed E-state index contributed by atoms with van der Waals surface area (Å²) < 4.78 is 19.6. The van der Waals surface area contributed by atoms with Crippen LogP contribution in [-0.4, -0.2) is 6.26 Å². The van der Waals surface area contributed by atoms with Gasteiger partial charge in [-0.25, -0.2) is 4.39 Å². The molecule has 0 amide bonds. The SMILES string of the molecule is CSc1ccccc1Oc1ccc([C@@H](C)N)cc1F. The van der Waals surface area contributed by atoms with Crippen molar-refractivity contribution < 1.29 is 9.13 Å². The lowest BCUT2D eigenvalue weighted by Crippen LogP contribution is -2.05. The Hall–Kier alpha value is -1.52. The van der Waals surface area contributed by atoms with Crippen LogP contribution in [0.4, 0.5) is 4.39 Å². The Bertz CT molecular complexity index is 572. The minimum Gasteiger partial charge on any atom is -0.453 e. The van der Waals surface area contributed by atoms with Crippen molar-refractivity contribution in [2.45, 2.75) is 17.9 Å². The predicted molar refractivity (Wildman–Crippen MR) is 77.3 cm³/mol. The molecule has 0 bridgehead atoms. The van der Waals surface area contributed by atoms with Gasteiger partial charge in [0.25, 0.3) is 0 Å². The second kappa shape index (κ2) is 6.08. The molecule has 0 saturated carbocycles. The van der Waals surface area contributed by atoms with E-state index < -0.39 is 5.82 Å². The summed E-state index contributed by atoms with van der Waals surface area (Å²) in [4.78, 5) is 0.971. The number of para-hydroxylation sites is 1. The van der Waals surface area contributed by atoms with Crippen LogP contribution in [0.25, 0.3) is 0 Å². The summed E-state index contributed by atoms with van der Waals surface area (Å²) in [6, 6.07) is 12.2. The van der Waals surface area contributed by atoms with Crippen LogP contribution in [-0.2, 0) is 0 Å². The van der Waals surface area contributed by atoms with Crippen molar-refractivity contribution in [1.29, 1.82) is 0 Å². The van der Waals surface area contributed by atoms with E-state index in [-0.39, 0.29) is 11.8 Å². The van der Waals surface area contributed by atoms with Crippen LogP contribution < -0.4 is 10.5 Å². The molecule has 0 heterocycles. The molecular weight excluding hydrogens is 261 g/mol. The third-order valence-corrected chi connectivity index (χ3v) is 3.55. The summed E-state index contributed by atoms with van der Waals surface area (Å²) in [5.74, 6) is 0.471. The molecule has 0 spiro atoms. The first-order chi connectivity index (χ1) is 9.11. The summed E-state index contributed by atoms with van der Waals surface area (Å²) >= 11 is 1.56. The first kappa shape index (κ1) is 13.9. The van der Waals surface area contributed by atoms with Gasteiger partial charge in [-0.05, 0) is 43.0 Å². The van der Waals surface area contributed by atoms with Crippen LogP contribution in [0.5, 0.6) is 11.5 Å². The lowest BCUT2D eigenvalue weighted by atomic mass is 10.1. The van der Waals surface area contributed by atoms with E-state index in [0.29, 0.717) is 5.75 Å². The third kappa shape index (κ3) is 3.28. The van der Waals surface area contributed by atoms with Gasteiger partial charge in [0.2, 0.25) is 0 Å². The van der Waals surface area contributed by atoms with Gasteiger partial charge in [-0.3, -0.25) is 0 Å². The van der Waals surface area contributed by atoms with Crippen LogP contribution in [0.15, 0.2) is 47.4 Å². The van der Waals surface area contributed by atoms with Crippen molar-refractivity contribution in [3.8, 4) is 11.5 Å². The largest absolute Gasteiger partial charge is 0.453 e. The highest BCUT2D eigenvalue weighted by Gasteiger charge is 2.10. The molecule has 2 aromatic rings. The quantitative estimate of drug-likeness (QED) is 0.843. The zero-order chi connectivity index (χ0) is 13.8. The molecule has 2 nitrogen and oxygen atoms in total. The van der Waals surface area contributed by atoms with Crippen molar-refractivity contribution in [1.82, 2.24) is 0 Å². The summed E-state index contributed by atoms with van der Waals surface area (Å²) in [6.07, 6.45) is 1.96. The highest BCUT2D eigenvalue weighted by Crippen LogP contribution is 2.32. The van der Waals surface area contributed by atoms with Gasteiger partial charge in [-0.2, -0.15) is 0 Å². The van der Waals surface area contributed by atoms with E-state index >= 15 is 0 Å². The van der Waals surface area contributed by atoms with Crippen LogP contribution in [0.1, 0.15) is 18.5 Å². The zero-order valence-corrected chi connectivity index (χ0v) is 11.7. The molecule has 0 fully saturated rings. The molecule has 0 aliphatic rings. The average molecular weight is 277 g/mol. The van der Waals surface area contributed by atoms with E-state index in [1.165, 1.54) is 6.07 Å². The van der Waals surface area contributed by atoms with Crippen molar-refractivity contribution in [3.05, 3.63) is 53.8 Å². The molecule has 0 aliphatic carbocycles. The van der Waals surface area contributed by atoms with E-state index in [9.17, 15) is 4.39 Å². The number of ether oxygens (including phenoxy) is 1. The highest BCUT2D eigenvalue weighted by atomic mass is 32.2. The van der Waals surface area contributed by atoms with E-state index in [0.717, 1.165) is 10.5 Å². The maximum Gasteiger partial charge on any atom is 0.166 e. The van der Waals surface area contributed by atoms with Gasteiger partial charge < -0.3 is 10.5 Å². The Kier molecular flexibility index (Phi) is 4.45. The summed E-state index contributed by atoms with van der Waals surface area (Å²) in [5.41, 5.74) is 6.47. The Morgan fingerprint density at radius 3 is 2.53 bits per heavy atom. The minimum atomic E-state index is -0.397. The molecule has 19 heavy (non-hydrogen) atoms. The molecule has 0 aliphatic heterocycles. The topological polar surface area (TPSA) is 35.2 Å². The number of thioether (sulfide) groups is 1. The normalized spacial score (nSPS) is 12.2. The summed E-state index contributed by atoms with van der Waals surface area (Å²) in [6.45, 7) is 1.82. The smallest absolute Gasteiger partial charge is 0.166 e. The van der Waals surface area contributed by atoms with Gasteiger partial charge in [0, 0.05) is 10.9 Å². The van der Waals surface area contributed by atoms with Gasteiger partial charge in [0.1, 0.15) is 5.75 Å². The minimum absolute atomic E-state index is 0.193. The van der Waals surface area contributed by atoms with Gasteiger partial charge in [0.05, 0.1) is 0 Å². The van der Waals surface area contributed by atoms with Crippen molar-refractivity contribution >= 4 is 11.8 Å². The number of hydrogen-bond donors (Lipinski definition) is 1. The first-order valence-corrected chi connectivity index (χ1v) is 7.20. The molecule has 0 radical (unpaired) electrons. The fourth-order valence-corrected chi connectivity index (χ4v) is 2.23. The second-order valence-electron chi connectivity index (χ2n) is 4.23. The lowest BCUT2D eigenvalue weighted by molar-refractivity contribution is 0.433. The molecule has 2 N–H and O–H groups in total. The van der Waals surface area contributed by atoms with Crippen LogP contribution in [0, 0.1) is 5.82 Å². The van der Waals surface area contributed by atoms with Crippen LogP contribution >= 0.6 is 11.8 Å². The lowest BCUT2D eigenvalue weighted by Gasteiger charge is -2.12. The number of benzene rings is 2. The molecule has 0 unspecified atom stereocenters. The number of hydrogen-bond acceptors (Lipinski definition) is 3. The number of halogens is 1. The van der Waals surface area contributed by atoms with Crippen LogP contribution in [0.2, 0.25) is 0 Å². The third-order valence-electron chi connectivity index (χ3n) is 2.77. The fourth-order valence-electron chi connectivity index (χ4n) is 1.70. The standard InChI is InChI=1S/C15H16FNOS/c1-10(17)11-7-8-13(12(16)9-11)18-14-5-3-4-6-15(14)19-2/h3-10H,17H2,1-2H3/t10-/m1/s1. The van der Waals surface area contributed by atoms with E-state index in [2.05, 4.69) is 0 Å². The van der Waals surface area contributed by atoms with E-state index in [1.807, 2.05) is 37.4 Å². The van der Waals surface area contributed by atoms with E-state index in [4.69, 9.17) is 10.5 Å². The number of nitrogens with two attached hydrogens (primary N) is 1. The Morgan fingerprint density at radius 2 is 1.89 bits per heavy atom. The van der Waals surface area contributed by atoms with Crippen molar-refractivity contribution in [2.75, 3.05) is 6.26 Å². The van der Waals surface area contributed by atoms with Crippen molar-refractivity contribution in [2.24, 2.45) is 5.73 Å². The van der Waals surface area contributed by atoms with Gasteiger partial charge in [0.15, 0.2) is 11.6 Å². The van der Waals surface area contributed by atoms with Crippen molar-refractivity contribution in [3.63, 3.8) is 0 Å². The van der Waals surface area contributed by atoms with Gasteiger partial charge >= 0.3 is 0 Å². The molecule has 100 valence electrons. The summed E-state index contributed by atoms with van der Waals surface area (Å²) in [7, 11) is 0. The Balaban J connectivity index is 2.28. The predicted octanol–water partition coefficient (Wildman–Crippen LogP) is 4.36. The Labute approximate surface area is 116 Å². The Morgan fingerprint density at radius 1 is 1.16 bits per heavy atom. The fraction of sp³-hybridized carbons (Fsp3) is 0.200. The second-order valence-corrected chi connectivity index (χ2v) is 5.08. The molecular formula is C15H16FNOS. The molecule has 2 aromatic carbocycles.